The van der Waals surface area contributed by atoms with E-state index in [1.165, 1.54) is 0 Å². The largest absolute Gasteiger partial charge is 0.467 e. The van der Waals surface area contributed by atoms with Gasteiger partial charge in [-0.2, -0.15) is 5.10 Å². The molecule has 150 valence electrons. The summed E-state index contributed by atoms with van der Waals surface area (Å²) in [5.74, 6) is 0.106. The van der Waals surface area contributed by atoms with E-state index in [9.17, 15) is 9.59 Å². The zero-order valence-electron chi connectivity index (χ0n) is 15.9. The Balaban J connectivity index is 1.54. The van der Waals surface area contributed by atoms with E-state index in [-0.39, 0.29) is 11.8 Å². The predicted octanol–water partition coefficient (Wildman–Crippen LogP) is 2.31. The predicted molar refractivity (Wildman–Crippen MR) is 107 cm³/mol. The molecule has 1 saturated carbocycles. The van der Waals surface area contributed by atoms with Gasteiger partial charge in [0.25, 0.3) is 5.91 Å². The maximum Gasteiger partial charge on any atom is 0.270 e. The molecule has 2 amide bonds. The fourth-order valence-electron chi connectivity index (χ4n) is 3.20. The molecule has 0 bridgehead atoms. The molecular formula is C21H18N6O3. The van der Waals surface area contributed by atoms with Crippen LogP contribution in [0.5, 0.6) is 0 Å². The summed E-state index contributed by atoms with van der Waals surface area (Å²) in [6.07, 6.45) is 8.24. The van der Waals surface area contributed by atoms with Gasteiger partial charge < -0.3 is 4.42 Å². The number of rotatable bonds is 5. The minimum atomic E-state index is -0.431. The number of carbonyl (C=O) groups is 2. The maximum absolute atomic E-state index is 12.9. The Hall–Kier alpha value is -4.01. The number of amides is 2. The molecule has 2 N–H and O–H groups in total. The van der Waals surface area contributed by atoms with Gasteiger partial charge in [-0.25, -0.2) is 9.67 Å². The Bertz CT molecular complexity index is 1210. The molecule has 5 rings (SSSR count). The number of carbonyl (C=O) groups excluding carboxylic acids is 2. The first kappa shape index (κ1) is 18.0. The maximum atomic E-state index is 12.9. The van der Waals surface area contributed by atoms with Crippen molar-refractivity contribution >= 4 is 22.8 Å². The number of nitrogens with one attached hydrogen (secondary N) is 2. The molecule has 0 aliphatic heterocycles. The van der Waals surface area contributed by atoms with Crippen molar-refractivity contribution in [1.29, 1.82) is 0 Å². The Kier molecular flexibility index (Phi) is 4.47. The van der Waals surface area contributed by atoms with Gasteiger partial charge in [-0.3, -0.25) is 25.4 Å². The summed E-state index contributed by atoms with van der Waals surface area (Å²) in [7, 11) is 0. The van der Waals surface area contributed by atoms with E-state index in [0.717, 1.165) is 24.2 Å². The molecule has 1 aliphatic rings. The van der Waals surface area contributed by atoms with Gasteiger partial charge in [-0.15, -0.1) is 0 Å². The third-order valence-corrected chi connectivity index (χ3v) is 4.94. The summed E-state index contributed by atoms with van der Waals surface area (Å²) in [5.41, 5.74) is 7.24. The molecular weight excluding hydrogens is 384 g/mol. The zero-order chi connectivity index (χ0) is 20.5. The smallest absolute Gasteiger partial charge is 0.270 e. The van der Waals surface area contributed by atoms with Crippen LogP contribution in [0.3, 0.4) is 0 Å². The number of hydrogen-bond donors (Lipinski definition) is 2. The standard InChI is InChI=1S/C21H18N6O3/c28-20(13-5-6-13)25-26-21(29)16-9-18(14-3-1-7-22-10-14)24-19-17(16)11-23-27(19)12-15-4-2-8-30-15/h1-4,7-11,13H,5-6,12H2,(H,25,28)(H,26,29). The van der Waals surface area contributed by atoms with Crippen LogP contribution in [0.2, 0.25) is 0 Å². The molecule has 0 aromatic carbocycles. The lowest BCUT2D eigenvalue weighted by Gasteiger charge is -2.10. The summed E-state index contributed by atoms with van der Waals surface area (Å²) in [4.78, 5) is 33.6. The van der Waals surface area contributed by atoms with Crippen LogP contribution in [0.25, 0.3) is 22.3 Å². The van der Waals surface area contributed by atoms with Gasteiger partial charge in [0.05, 0.1) is 29.1 Å². The number of fused-ring (bicyclic) bond motifs is 1. The van der Waals surface area contributed by atoms with Crippen LogP contribution in [0.4, 0.5) is 0 Å². The van der Waals surface area contributed by atoms with Gasteiger partial charge >= 0.3 is 0 Å². The molecule has 30 heavy (non-hydrogen) atoms. The van der Waals surface area contributed by atoms with Gasteiger partial charge in [-0.1, -0.05) is 0 Å². The first-order chi connectivity index (χ1) is 14.7. The van der Waals surface area contributed by atoms with Gasteiger partial charge in [0.1, 0.15) is 12.3 Å². The van der Waals surface area contributed by atoms with Gasteiger partial charge in [0.2, 0.25) is 5.91 Å². The van der Waals surface area contributed by atoms with Gasteiger partial charge in [0, 0.05) is 23.9 Å². The lowest BCUT2D eigenvalue weighted by Crippen LogP contribution is -2.42. The summed E-state index contributed by atoms with van der Waals surface area (Å²) >= 11 is 0. The van der Waals surface area contributed by atoms with Crippen LogP contribution in [-0.2, 0) is 11.3 Å². The Labute approximate surface area is 171 Å². The van der Waals surface area contributed by atoms with Crippen LogP contribution in [-0.4, -0.2) is 31.6 Å². The van der Waals surface area contributed by atoms with Crippen molar-refractivity contribution in [1.82, 2.24) is 30.6 Å². The lowest BCUT2D eigenvalue weighted by atomic mass is 10.1. The first-order valence-electron chi connectivity index (χ1n) is 9.58. The first-order valence-corrected chi connectivity index (χ1v) is 9.58. The average Bonchev–Trinajstić information content (AvgIpc) is 3.37. The second-order valence-corrected chi connectivity index (χ2v) is 7.13. The lowest BCUT2D eigenvalue weighted by molar-refractivity contribution is -0.123. The van der Waals surface area contributed by atoms with Crippen molar-refractivity contribution < 1.29 is 14.0 Å². The fourth-order valence-corrected chi connectivity index (χ4v) is 3.20. The molecule has 9 heteroatoms. The number of nitrogens with zero attached hydrogens (tertiary/aromatic N) is 4. The second-order valence-electron chi connectivity index (χ2n) is 7.13. The average molecular weight is 402 g/mol. The van der Waals surface area contributed by atoms with E-state index in [2.05, 4.69) is 20.9 Å². The molecule has 1 fully saturated rings. The summed E-state index contributed by atoms with van der Waals surface area (Å²) in [5, 5.41) is 4.97. The summed E-state index contributed by atoms with van der Waals surface area (Å²) < 4.78 is 7.09. The minimum absolute atomic E-state index is 0.00948. The molecule has 0 unspecified atom stereocenters. The van der Waals surface area contributed by atoms with E-state index >= 15 is 0 Å². The molecule has 4 heterocycles. The topological polar surface area (TPSA) is 115 Å². The van der Waals surface area contributed by atoms with Gasteiger partial charge in [0.15, 0.2) is 5.65 Å². The van der Waals surface area contributed by atoms with Crippen molar-refractivity contribution in [3.8, 4) is 11.3 Å². The van der Waals surface area contributed by atoms with Crippen LogP contribution in [0.1, 0.15) is 29.0 Å². The van der Waals surface area contributed by atoms with Crippen LogP contribution in [0, 0.1) is 5.92 Å². The Morgan fingerprint density at radius 1 is 1.17 bits per heavy atom. The molecule has 4 aromatic rings. The van der Waals surface area contributed by atoms with Crippen molar-refractivity contribution in [2.24, 2.45) is 5.92 Å². The Morgan fingerprint density at radius 2 is 2.07 bits per heavy atom. The van der Waals surface area contributed by atoms with Crippen LogP contribution >= 0.6 is 0 Å². The normalized spacial score (nSPS) is 13.3. The second kappa shape index (κ2) is 7.43. The number of hydrazine groups is 1. The van der Waals surface area contributed by atoms with E-state index in [1.807, 2.05) is 12.1 Å². The SMILES string of the molecule is O=C(NNC(=O)C1CC1)c1cc(-c2cccnc2)nc2c1cnn2Cc1ccco1. The van der Waals surface area contributed by atoms with Crippen molar-refractivity contribution in [2.75, 3.05) is 0 Å². The zero-order valence-corrected chi connectivity index (χ0v) is 15.9. The highest BCUT2D eigenvalue weighted by molar-refractivity contribution is 6.07. The van der Waals surface area contributed by atoms with Crippen molar-refractivity contribution in [3.63, 3.8) is 0 Å². The van der Waals surface area contributed by atoms with Crippen LogP contribution in [0.15, 0.2) is 59.6 Å². The Morgan fingerprint density at radius 3 is 2.80 bits per heavy atom. The van der Waals surface area contributed by atoms with Crippen molar-refractivity contribution in [3.05, 3.63) is 66.5 Å². The number of aromatic nitrogens is 4. The van der Waals surface area contributed by atoms with Gasteiger partial charge in [-0.05, 0) is 43.2 Å². The third kappa shape index (κ3) is 3.52. The van der Waals surface area contributed by atoms with E-state index in [0.29, 0.717) is 28.8 Å². The van der Waals surface area contributed by atoms with Crippen LogP contribution < -0.4 is 10.9 Å². The summed E-state index contributed by atoms with van der Waals surface area (Å²) in [6.45, 7) is 0.374. The highest BCUT2D eigenvalue weighted by Crippen LogP contribution is 2.28. The molecule has 4 aromatic heterocycles. The molecule has 0 atom stereocenters. The molecule has 0 saturated heterocycles. The number of pyridine rings is 2. The molecule has 0 spiro atoms. The highest BCUT2D eigenvalue weighted by Gasteiger charge is 2.30. The molecule has 9 nitrogen and oxygen atoms in total. The number of furan rings is 1. The minimum Gasteiger partial charge on any atom is -0.467 e. The van der Waals surface area contributed by atoms with Crippen molar-refractivity contribution in [2.45, 2.75) is 19.4 Å². The fraction of sp³-hybridized carbons (Fsp3) is 0.190. The monoisotopic (exact) mass is 402 g/mol. The quantitative estimate of drug-likeness (QED) is 0.495. The summed E-state index contributed by atoms with van der Waals surface area (Å²) in [6, 6.07) is 9.00. The molecule has 1 aliphatic carbocycles. The van der Waals surface area contributed by atoms with E-state index < -0.39 is 5.91 Å². The molecule has 0 radical (unpaired) electrons. The van der Waals surface area contributed by atoms with E-state index in [1.54, 1.807) is 47.7 Å². The highest BCUT2D eigenvalue weighted by atomic mass is 16.3. The number of hydrogen-bond acceptors (Lipinski definition) is 6. The van der Waals surface area contributed by atoms with E-state index in [4.69, 9.17) is 9.40 Å². The third-order valence-electron chi connectivity index (χ3n) is 4.94.